The quantitative estimate of drug-likeness (QED) is 0.864. The minimum absolute atomic E-state index is 0. The molecule has 6 nitrogen and oxygen atoms in total. The first-order valence-corrected chi connectivity index (χ1v) is 7.15. The van der Waals surface area contributed by atoms with Crippen LogP contribution in [0, 0.1) is 12.8 Å². The van der Waals surface area contributed by atoms with Crippen LogP contribution in [0.15, 0.2) is 4.52 Å². The second kappa shape index (κ2) is 6.85. The van der Waals surface area contributed by atoms with E-state index in [0.717, 1.165) is 19.6 Å². The number of aromatic nitrogens is 2. The van der Waals surface area contributed by atoms with Crippen LogP contribution in [0.4, 0.5) is 0 Å². The van der Waals surface area contributed by atoms with Gasteiger partial charge >= 0.3 is 0 Å². The fraction of sp³-hybridized carbons (Fsp3) is 0.846. The lowest BCUT2D eigenvalue weighted by atomic mass is 9.99. The van der Waals surface area contributed by atoms with Crippen molar-refractivity contribution in [3.8, 4) is 0 Å². The Bertz CT molecular complexity index is 422. The third-order valence-corrected chi connectivity index (χ3v) is 4.10. The van der Waals surface area contributed by atoms with Crippen LogP contribution in [0.3, 0.4) is 0 Å². The lowest BCUT2D eigenvalue weighted by molar-refractivity contribution is 0.150. The lowest BCUT2D eigenvalue weighted by Gasteiger charge is -2.29. The van der Waals surface area contributed by atoms with Crippen molar-refractivity contribution in [3.63, 3.8) is 0 Å². The summed E-state index contributed by atoms with van der Waals surface area (Å²) in [4.78, 5) is 6.63. The van der Waals surface area contributed by atoms with Gasteiger partial charge in [-0.15, -0.1) is 12.4 Å². The predicted octanol–water partition coefficient (Wildman–Crippen LogP) is 0.907. The van der Waals surface area contributed by atoms with Crippen molar-refractivity contribution in [1.82, 2.24) is 20.4 Å². The highest BCUT2D eigenvalue weighted by Crippen LogP contribution is 2.32. The topological polar surface area (TPSA) is 74.4 Å². The van der Waals surface area contributed by atoms with Crippen molar-refractivity contribution in [1.29, 1.82) is 0 Å². The van der Waals surface area contributed by atoms with Gasteiger partial charge in [-0.2, -0.15) is 4.98 Å². The number of aryl methyl sites for hydroxylation is 1. The summed E-state index contributed by atoms with van der Waals surface area (Å²) in [5.74, 6) is 1.97. The van der Waals surface area contributed by atoms with Crippen molar-refractivity contribution in [2.75, 3.05) is 26.2 Å². The first-order chi connectivity index (χ1) is 9.22. The summed E-state index contributed by atoms with van der Waals surface area (Å²) < 4.78 is 5.29. The number of nitrogens with one attached hydrogen (secondary N) is 1. The molecule has 1 unspecified atom stereocenters. The molecule has 7 heteroatoms. The molecule has 2 aliphatic heterocycles. The van der Waals surface area contributed by atoms with Crippen molar-refractivity contribution in [2.45, 2.75) is 38.3 Å². The number of halogens is 1. The van der Waals surface area contributed by atoms with Gasteiger partial charge in [0.2, 0.25) is 5.89 Å². The van der Waals surface area contributed by atoms with E-state index >= 15 is 0 Å². The van der Waals surface area contributed by atoms with Crippen molar-refractivity contribution in [2.24, 2.45) is 5.92 Å². The van der Waals surface area contributed by atoms with E-state index in [-0.39, 0.29) is 24.6 Å². The Morgan fingerprint density at radius 2 is 2.35 bits per heavy atom. The SMILES string of the molecule is Cc1noc([C@H]2C[C@@H](O)CN2CC2CCCNC2)n1.Cl. The second-order valence-electron chi connectivity index (χ2n) is 5.75. The molecule has 0 amide bonds. The fourth-order valence-electron chi connectivity index (χ4n) is 3.20. The number of aliphatic hydroxyl groups is 1. The lowest BCUT2D eigenvalue weighted by Crippen LogP contribution is -2.38. The maximum atomic E-state index is 9.92. The van der Waals surface area contributed by atoms with E-state index in [2.05, 4.69) is 20.4 Å². The Morgan fingerprint density at radius 1 is 1.50 bits per heavy atom. The third-order valence-electron chi connectivity index (χ3n) is 4.10. The number of likely N-dealkylation sites (tertiary alicyclic amines) is 1. The molecule has 0 aliphatic carbocycles. The number of rotatable bonds is 3. The molecule has 3 atom stereocenters. The zero-order valence-electron chi connectivity index (χ0n) is 11.8. The Balaban J connectivity index is 0.00000147. The highest BCUT2D eigenvalue weighted by Gasteiger charge is 2.36. The van der Waals surface area contributed by atoms with Crippen LogP contribution in [0.2, 0.25) is 0 Å². The Hall–Kier alpha value is -0.690. The molecule has 2 N–H and O–H groups in total. The van der Waals surface area contributed by atoms with Gasteiger partial charge in [0.1, 0.15) is 0 Å². The molecule has 2 saturated heterocycles. The minimum atomic E-state index is -0.284. The smallest absolute Gasteiger partial charge is 0.244 e. The maximum Gasteiger partial charge on any atom is 0.244 e. The molecule has 3 heterocycles. The Kier molecular flexibility index (Phi) is 5.37. The molecule has 3 rings (SSSR count). The molecule has 1 aromatic heterocycles. The van der Waals surface area contributed by atoms with Crippen LogP contribution in [-0.4, -0.2) is 52.4 Å². The van der Waals surface area contributed by atoms with Gasteiger partial charge in [0.15, 0.2) is 5.82 Å². The molecule has 2 fully saturated rings. The molecule has 0 bridgehead atoms. The van der Waals surface area contributed by atoms with E-state index in [1.54, 1.807) is 0 Å². The Morgan fingerprint density at radius 3 is 3.00 bits per heavy atom. The highest BCUT2D eigenvalue weighted by molar-refractivity contribution is 5.85. The summed E-state index contributed by atoms with van der Waals surface area (Å²) in [6.45, 7) is 5.74. The summed E-state index contributed by atoms with van der Waals surface area (Å²) in [6, 6.07) is 0.0816. The zero-order chi connectivity index (χ0) is 13.2. The normalized spacial score (nSPS) is 31.2. The van der Waals surface area contributed by atoms with Crippen LogP contribution in [0.25, 0.3) is 0 Å². The number of hydrogen-bond donors (Lipinski definition) is 2. The van der Waals surface area contributed by atoms with Crippen LogP contribution in [-0.2, 0) is 0 Å². The molecule has 20 heavy (non-hydrogen) atoms. The van der Waals surface area contributed by atoms with Gasteiger partial charge < -0.3 is 14.9 Å². The average molecular weight is 303 g/mol. The molecule has 114 valence electrons. The number of aliphatic hydroxyl groups excluding tert-OH is 1. The van der Waals surface area contributed by atoms with E-state index in [1.165, 1.54) is 12.8 Å². The van der Waals surface area contributed by atoms with Crippen LogP contribution in [0.1, 0.15) is 37.0 Å². The van der Waals surface area contributed by atoms with E-state index in [0.29, 0.717) is 30.6 Å². The molecule has 2 aliphatic rings. The highest BCUT2D eigenvalue weighted by atomic mass is 35.5. The van der Waals surface area contributed by atoms with Gasteiger partial charge in [0.25, 0.3) is 0 Å². The van der Waals surface area contributed by atoms with Gasteiger partial charge in [0.05, 0.1) is 12.1 Å². The summed E-state index contributed by atoms with van der Waals surface area (Å²) >= 11 is 0. The molecule has 0 spiro atoms. The second-order valence-corrected chi connectivity index (χ2v) is 5.75. The Labute approximate surface area is 125 Å². The van der Waals surface area contributed by atoms with Gasteiger partial charge in [-0.05, 0) is 45.2 Å². The zero-order valence-corrected chi connectivity index (χ0v) is 12.6. The molecule has 1 aromatic rings. The van der Waals surface area contributed by atoms with E-state index in [1.807, 2.05) is 6.92 Å². The maximum absolute atomic E-state index is 9.92. The molecule has 0 radical (unpaired) electrons. The molecule has 0 saturated carbocycles. The number of piperidine rings is 1. The molecular formula is C13H23ClN4O2. The fourth-order valence-corrected chi connectivity index (χ4v) is 3.20. The summed E-state index contributed by atoms with van der Waals surface area (Å²) in [5, 5.41) is 17.2. The number of nitrogens with zero attached hydrogens (tertiary/aromatic N) is 3. The van der Waals surface area contributed by atoms with Crippen LogP contribution < -0.4 is 5.32 Å². The van der Waals surface area contributed by atoms with E-state index in [9.17, 15) is 5.11 Å². The molecule has 0 aromatic carbocycles. The van der Waals surface area contributed by atoms with E-state index < -0.39 is 0 Å². The van der Waals surface area contributed by atoms with Crippen molar-refractivity contribution in [3.05, 3.63) is 11.7 Å². The number of hydrogen-bond acceptors (Lipinski definition) is 6. The van der Waals surface area contributed by atoms with Crippen LogP contribution >= 0.6 is 12.4 Å². The summed E-state index contributed by atoms with van der Waals surface area (Å²) in [5.41, 5.74) is 0. The van der Waals surface area contributed by atoms with Gasteiger partial charge in [-0.1, -0.05) is 5.16 Å². The summed E-state index contributed by atoms with van der Waals surface area (Å²) in [7, 11) is 0. The number of β-amino-alcohol motifs (C(OH)–C–C–N with tert-alkyl or cyclic N) is 1. The third kappa shape index (κ3) is 3.49. The monoisotopic (exact) mass is 302 g/mol. The minimum Gasteiger partial charge on any atom is -0.392 e. The van der Waals surface area contributed by atoms with Crippen molar-refractivity contribution < 1.29 is 9.63 Å². The van der Waals surface area contributed by atoms with Crippen LogP contribution in [0.5, 0.6) is 0 Å². The van der Waals surface area contributed by atoms with Gasteiger partial charge in [-0.25, -0.2) is 0 Å². The van der Waals surface area contributed by atoms with Gasteiger partial charge in [0, 0.05) is 13.1 Å². The van der Waals surface area contributed by atoms with Gasteiger partial charge in [-0.3, -0.25) is 4.90 Å². The largest absolute Gasteiger partial charge is 0.392 e. The predicted molar refractivity (Wildman–Crippen MR) is 76.8 cm³/mol. The van der Waals surface area contributed by atoms with Crippen molar-refractivity contribution >= 4 is 12.4 Å². The molecular weight excluding hydrogens is 280 g/mol. The first-order valence-electron chi connectivity index (χ1n) is 7.15. The standard InChI is InChI=1S/C13H22N4O2.ClH/c1-9-15-13(19-16-9)12-5-11(18)8-17(12)7-10-3-2-4-14-6-10;/h10-12,14,18H,2-8H2,1H3;1H/t10?,11-,12-;/m1./s1. The summed E-state index contributed by atoms with van der Waals surface area (Å²) in [6.07, 6.45) is 2.91. The first kappa shape index (κ1) is 15.7. The van der Waals surface area contributed by atoms with E-state index in [4.69, 9.17) is 4.52 Å². The average Bonchev–Trinajstić information content (AvgIpc) is 2.97.